The topological polar surface area (TPSA) is 38.9 Å². The highest BCUT2D eigenvalue weighted by Gasteiger charge is 2.05. The Morgan fingerprint density at radius 2 is 2.12 bits per heavy atom. The molecule has 2 N–H and O–H groups in total. The van der Waals surface area contributed by atoms with E-state index in [9.17, 15) is 0 Å². The van der Waals surface area contributed by atoms with Crippen LogP contribution in [0.15, 0.2) is 29.3 Å². The molecule has 0 saturated heterocycles. The van der Waals surface area contributed by atoms with Crippen molar-refractivity contribution in [1.29, 1.82) is 0 Å². The maximum atomic E-state index is 5.95. The second-order valence-corrected chi connectivity index (χ2v) is 5.01. The number of pyridine rings is 1. The van der Waals surface area contributed by atoms with Crippen LogP contribution in [0, 0.1) is 6.92 Å². The zero-order valence-electron chi connectivity index (χ0n) is 9.66. The van der Waals surface area contributed by atoms with E-state index >= 15 is 0 Å². The summed E-state index contributed by atoms with van der Waals surface area (Å²) in [6, 6.07) is 6.19. The predicted octanol–water partition coefficient (Wildman–Crippen LogP) is 3.63. The number of hydrogen-bond donors (Lipinski definition) is 1. The van der Waals surface area contributed by atoms with Gasteiger partial charge in [0.2, 0.25) is 0 Å². The van der Waals surface area contributed by atoms with Gasteiger partial charge in [-0.1, -0.05) is 6.92 Å². The second-order valence-electron chi connectivity index (χ2n) is 3.87. The Bertz CT molecular complexity index is 509. The second kappa shape index (κ2) is 4.74. The van der Waals surface area contributed by atoms with Crippen molar-refractivity contribution in [2.24, 2.45) is 0 Å². The Kier molecular flexibility index (Phi) is 3.34. The molecular weight excluding hydrogens is 216 g/mol. The fourth-order valence-electron chi connectivity index (χ4n) is 1.68. The van der Waals surface area contributed by atoms with Gasteiger partial charge in [0.05, 0.1) is 0 Å². The Morgan fingerprint density at radius 1 is 1.31 bits per heavy atom. The van der Waals surface area contributed by atoms with Crippen molar-refractivity contribution in [3.63, 3.8) is 0 Å². The minimum absolute atomic E-state index is 0.809. The molecule has 84 valence electrons. The summed E-state index contributed by atoms with van der Waals surface area (Å²) >= 11 is 1.88. The van der Waals surface area contributed by atoms with Crippen molar-refractivity contribution in [3.8, 4) is 0 Å². The first-order chi connectivity index (χ1) is 7.72. The molecule has 0 aliphatic heterocycles. The Morgan fingerprint density at radius 3 is 2.88 bits per heavy atom. The number of aryl methyl sites for hydroxylation is 1. The maximum absolute atomic E-state index is 5.95. The van der Waals surface area contributed by atoms with Gasteiger partial charge >= 0.3 is 0 Å². The average molecular weight is 232 g/mol. The number of benzene rings is 1. The molecule has 0 amide bonds. The van der Waals surface area contributed by atoms with Crippen molar-refractivity contribution >= 4 is 28.2 Å². The van der Waals surface area contributed by atoms with Crippen LogP contribution in [0.5, 0.6) is 0 Å². The van der Waals surface area contributed by atoms with Crippen LogP contribution in [0.25, 0.3) is 10.8 Å². The van der Waals surface area contributed by atoms with Crippen LogP contribution >= 0.6 is 11.8 Å². The third kappa shape index (κ3) is 2.14. The summed E-state index contributed by atoms with van der Waals surface area (Å²) in [5.74, 6) is 1.14. The number of thioether (sulfide) groups is 1. The quantitative estimate of drug-likeness (QED) is 0.649. The number of nitrogen functional groups attached to an aromatic ring is 1. The zero-order chi connectivity index (χ0) is 11.5. The van der Waals surface area contributed by atoms with Gasteiger partial charge < -0.3 is 5.73 Å². The third-order valence-corrected chi connectivity index (χ3v) is 3.77. The van der Waals surface area contributed by atoms with Crippen LogP contribution < -0.4 is 5.73 Å². The van der Waals surface area contributed by atoms with E-state index in [4.69, 9.17) is 5.73 Å². The van der Waals surface area contributed by atoms with Gasteiger partial charge in [0.25, 0.3) is 0 Å². The van der Waals surface area contributed by atoms with Crippen molar-refractivity contribution in [1.82, 2.24) is 4.98 Å². The minimum Gasteiger partial charge on any atom is -0.398 e. The summed E-state index contributed by atoms with van der Waals surface area (Å²) in [4.78, 5) is 5.60. The molecule has 2 nitrogen and oxygen atoms in total. The maximum Gasteiger partial charge on any atom is 0.0410 e. The van der Waals surface area contributed by atoms with Crippen molar-refractivity contribution in [2.75, 3.05) is 11.5 Å². The molecule has 2 aromatic rings. The van der Waals surface area contributed by atoms with Crippen LogP contribution in [-0.2, 0) is 0 Å². The molecule has 0 radical (unpaired) electrons. The van der Waals surface area contributed by atoms with Gasteiger partial charge in [-0.2, -0.15) is 0 Å². The molecular formula is C13H16N2S. The molecule has 0 fully saturated rings. The summed E-state index contributed by atoms with van der Waals surface area (Å²) in [6.45, 7) is 4.20. The SMILES string of the molecule is CCCSc1ccc(N)c2cnc(C)cc12. The summed E-state index contributed by atoms with van der Waals surface area (Å²) in [5.41, 5.74) is 7.80. The number of nitrogens with zero attached hydrogens (tertiary/aromatic N) is 1. The third-order valence-electron chi connectivity index (χ3n) is 2.49. The Labute approximate surface area is 100 Å². The number of aromatic nitrogens is 1. The Hall–Kier alpha value is -1.22. The molecule has 0 unspecified atom stereocenters. The highest BCUT2D eigenvalue weighted by atomic mass is 32.2. The number of rotatable bonds is 3. The lowest BCUT2D eigenvalue weighted by molar-refractivity contribution is 1.11. The van der Waals surface area contributed by atoms with Crippen LogP contribution in [0.3, 0.4) is 0 Å². The standard InChI is InChI=1S/C13H16N2S/c1-3-6-16-13-5-4-12(14)11-8-15-9(2)7-10(11)13/h4-5,7-8H,3,6,14H2,1-2H3. The van der Waals surface area contributed by atoms with E-state index < -0.39 is 0 Å². The number of nitrogens with two attached hydrogens (primary N) is 1. The Balaban J connectivity index is 2.56. The summed E-state index contributed by atoms with van der Waals surface area (Å²) in [6.07, 6.45) is 3.05. The first-order valence-corrected chi connectivity index (χ1v) is 6.48. The van der Waals surface area contributed by atoms with Crippen molar-refractivity contribution in [3.05, 3.63) is 30.1 Å². The zero-order valence-corrected chi connectivity index (χ0v) is 10.5. The van der Waals surface area contributed by atoms with Crippen LogP contribution in [0.1, 0.15) is 19.0 Å². The molecule has 3 heteroatoms. The number of hydrogen-bond acceptors (Lipinski definition) is 3. The molecule has 0 saturated carbocycles. The average Bonchev–Trinajstić information content (AvgIpc) is 2.28. The molecule has 2 rings (SSSR count). The van der Waals surface area contributed by atoms with Crippen LogP contribution in [-0.4, -0.2) is 10.7 Å². The van der Waals surface area contributed by atoms with Gasteiger partial charge in [0, 0.05) is 33.2 Å². The molecule has 0 aliphatic carbocycles. The van der Waals surface area contributed by atoms with E-state index in [1.54, 1.807) is 0 Å². The lowest BCUT2D eigenvalue weighted by Gasteiger charge is -2.08. The van der Waals surface area contributed by atoms with E-state index in [1.165, 1.54) is 16.7 Å². The fourth-order valence-corrected chi connectivity index (χ4v) is 2.59. The van der Waals surface area contributed by atoms with Gasteiger partial charge in [0.15, 0.2) is 0 Å². The van der Waals surface area contributed by atoms with Crippen molar-refractivity contribution < 1.29 is 0 Å². The van der Waals surface area contributed by atoms with E-state index in [2.05, 4.69) is 24.0 Å². The number of anilines is 1. The van der Waals surface area contributed by atoms with Crippen LogP contribution in [0.4, 0.5) is 5.69 Å². The smallest absolute Gasteiger partial charge is 0.0410 e. The van der Waals surface area contributed by atoms with Gasteiger partial charge in [-0.15, -0.1) is 11.8 Å². The lowest BCUT2D eigenvalue weighted by atomic mass is 10.1. The molecule has 1 aromatic heterocycles. The molecule has 0 bridgehead atoms. The van der Waals surface area contributed by atoms with Crippen LogP contribution in [0.2, 0.25) is 0 Å². The first-order valence-electron chi connectivity index (χ1n) is 5.50. The van der Waals surface area contributed by atoms with Gasteiger partial charge in [-0.05, 0) is 37.3 Å². The molecule has 1 heterocycles. The molecule has 0 spiro atoms. The van der Waals surface area contributed by atoms with E-state index in [0.717, 1.165) is 22.5 Å². The fraction of sp³-hybridized carbons (Fsp3) is 0.308. The lowest BCUT2D eigenvalue weighted by Crippen LogP contribution is -1.91. The number of fused-ring (bicyclic) bond motifs is 1. The van der Waals surface area contributed by atoms with E-state index in [-0.39, 0.29) is 0 Å². The van der Waals surface area contributed by atoms with Gasteiger partial charge in [-0.25, -0.2) is 0 Å². The van der Waals surface area contributed by atoms with E-state index in [1.807, 2.05) is 30.9 Å². The normalized spacial score (nSPS) is 10.9. The summed E-state index contributed by atoms with van der Waals surface area (Å²) < 4.78 is 0. The van der Waals surface area contributed by atoms with Gasteiger partial charge in [0.1, 0.15) is 0 Å². The minimum atomic E-state index is 0.809. The highest BCUT2D eigenvalue weighted by molar-refractivity contribution is 7.99. The largest absolute Gasteiger partial charge is 0.398 e. The first kappa shape index (κ1) is 11.3. The summed E-state index contributed by atoms with van der Waals surface area (Å²) in [5, 5.41) is 2.29. The molecule has 16 heavy (non-hydrogen) atoms. The molecule has 1 aromatic carbocycles. The molecule has 0 atom stereocenters. The van der Waals surface area contributed by atoms with E-state index in [0.29, 0.717) is 0 Å². The molecule has 0 aliphatic rings. The summed E-state index contributed by atoms with van der Waals surface area (Å²) in [7, 11) is 0. The van der Waals surface area contributed by atoms with Crippen molar-refractivity contribution in [2.45, 2.75) is 25.2 Å². The predicted molar refractivity (Wildman–Crippen MR) is 71.9 cm³/mol. The van der Waals surface area contributed by atoms with Gasteiger partial charge in [-0.3, -0.25) is 4.98 Å². The monoisotopic (exact) mass is 232 g/mol. The highest BCUT2D eigenvalue weighted by Crippen LogP contribution is 2.31.